The molecule has 1 atom stereocenters. The minimum atomic E-state index is -0.882. The van der Waals surface area contributed by atoms with Gasteiger partial charge in [0.1, 0.15) is 5.60 Å². The fourth-order valence-electron chi connectivity index (χ4n) is 2.53. The number of rotatable bonds is 5. The van der Waals surface area contributed by atoms with Crippen LogP contribution in [-0.2, 0) is 25.5 Å². The molecule has 2 heterocycles. The first-order chi connectivity index (χ1) is 10.5. The van der Waals surface area contributed by atoms with E-state index in [2.05, 4.69) is 4.98 Å². The van der Waals surface area contributed by atoms with Gasteiger partial charge in [-0.3, -0.25) is 14.6 Å². The Kier molecular flexibility index (Phi) is 5.46. The molecule has 7 nitrogen and oxygen atoms in total. The predicted molar refractivity (Wildman–Crippen MR) is 78.9 cm³/mol. The van der Waals surface area contributed by atoms with E-state index in [4.69, 9.17) is 15.2 Å². The van der Waals surface area contributed by atoms with E-state index in [1.54, 1.807) is 23.4 Å². The number of nitrogens with two attached hydrogens (primary N) is 1. The van der Waals surface area contributed by atoms with Crippen molar-refractivity contribution in [3.05, 3.63) is 30.1 Å². The lowest BCUT2D eigenvalue weighted by molar-refractivity contribution is -0.138. The van der Waals surface area contributed by atoms with Crippen LogP contribution in [0.1, 0.15) is 12.0 Å². The minimum absolute atomic E-state index is 0.0141. The zero-order chi connectivity index (χ0) is 16.0. The second-order valence-electron chi connectivity index (χ2n) is 5.44. The summed E-state index contributed by atoms with van der Waals surface area (Å²) in [4.78, 5) is 29.4. The molecule has 7 heteroatoms. The fraction of sp³-hybridized carbons (Fsp3) is 0.533. The van der Waals surface area contributed by atoms with E-state index in [1.807, 2.05) is 6.07 Å². The van der Waals surface area contributed by atoms with Crippen molar-refractivity contribution in [1.82, 2.24) is 9.88 Å². The van der Waals surface area contributed by atoms with Gasteiger partial charge >= 0.3 is 0 Å². The van der Waals surface area contributed by atoms with Gasteiger partial charge in [-0.1, -0.05) is 6.07 Å². The molecule has 2 N–H and O–H groups in total. The second-order valence-corrected chi connectivity index (χ2v) is 5.44. The summed E-state index contributed by atoms with van der Waals surface area (Å²) < 4.78 is 11.0. The van der Waals surface area contributed by atoms with Crippen molar-refractivity contribution in [2.45, 2.75) is 18.4 Å². The Morgan fingerprint density at radius 2 is 2.36 bits per heavy atom. The number of aromatic nitrogens is 1. The molecule has 0 radical (unpaired) electrons. The zero-order valence-electron chi connectivity index (χ0n) is 12.7. The molecule has 0 bridgehead atoms. The van der Waals surface area contributed by atoms with Crippen LogP contribution in [0.3, 0.4) is 0 Å². The summed E-state index contributed by atoms with van der Waals surface area (Å²) in [5.74, 6) is -0.531. The van der Waals surface area contributed by atoms with E-state index < -0.39 is 11.5 Å². The molecule has 0 spiro atoms. The molecule has 1 aliphatic rings. The lowest BCUT2D eigenvalue weighted by atomic mass is 9.99. The van der Waals surface area contributed by atoms with Gasteiger partial charge in [-0.05, 0) is 11.6 Å². The van der Waals surface area contributed by atoms with Crippen molar-refractivity contribution >= 4 is 11.8 Å². The van der Waals surface area contributed by atoms with E-state index in [9.17, 15) is 9.59 Å². The van der Waals surface area contributed by atoms with Crippen molar-refractivity contribution < 1.29 is 19.1 Å². The van der Waals surface area contributed by atoms with Crippen molar-refractivity contribution in [3.8, 4) is 0 Å². The SMILES string of the molecule is CO[C@@]1(CC(N)=O)COCCN(C(=O)Cc2cccnc2)C1. The van der Waals surface area contributed by atoms with Gasteiger partial charge in [0, 0.05) is 26.0 Å². The average molecular weight is 307 g/mol. The van der Waals surface area contributed by atoms with Gasteiger partial charge in [0.15, 0.2) is 0 Å². The molecule has 22 heavy (non-hydrogen) atoms. The number of carbonyl (C=O) groups is 2. The molecule has 0 aromatic carbocycles. The van der Waals surface area contributed by atoms with Crippen LogP contribution in [0.2, 0.25) is 0 Å². The van der Waals surface area contributed by atoms with Gasteiger partial charge in [-0.25, -0.2) is 0 Å². The van der Waals surface area contributed by atoms with Crippen molar-refractivity contribution in [1.29, 1.82) is 0 Å². The minimum Gasteiger partial charge on any atom is -0.377 e. The number of pyridine rings is 1. The highest BCUT2D eigenvalue weighted by Gasteiger charge is 2.38. The van der Waals surface area contributed by atoms with Crippen LogP contribution in [0, 0.1) is 0 Å². The molecule has 0 aliphatic carbocycles. The third kappa shape index (κ3) is 4.25. The average Bonchev–Trinajstić information content (AvgIpc) is 2.71. The Labute approximate surface area is 129 Å². The Hall–Kier alpha value is -1.99. The molecule has 120 valence electrons. The largest absolute Gasteiger partial charge is 0.377 e. The number of methoxy groups -OCH3 is 1. The lowest BCUT2D eigenvalue weighted by Gasteiger charge is -2.33. The Bertz CT molecular complexity index is 523. The maximum Gasteiger partial charge on any atom is 0.227 e. The maximum atomic E-state index is 12.5. The summed E-state index contributed by atoms with van der Waals surface area (Å²) in [6.07, 6.45) is 3.60. The maximum absolute atomic E-state index is 12.5. The number of ether oxygens (including phenoxy) is 2. The van der Waals surface area contributed by atoms with Gasteiger partial charge in [0.25, 0.3) is 0 Å². The highest BCUT2D eigenvalue weighted by Crippen LogP contribution is 2.21. The first kappa shape index (κ1) is 16.4. The normalized spacial score (nSPS) is 22.1. The van der Waals surface area contributed by atoms with Gasteiger partial charge < -0.3 is 20.1 Å². The Morgan fingerprint density at radius 1 is 1.55 bits per heavy atom. The van der Waals surface area contributed by atoms with Crippen molar-refractivity contribution in [2.75, 3.05) is 33.4 Å². The third-order valence-electron chi connectivity index (χ3n) is 3.71. The standard InChI is InChI=1S/C15H21N3O4/c1-21-15(8-13(16)19)10-18(5-6-22-11-15)14(20)7-12-3-2-4-17-9-12/h2-4,9H,5-8,10-11H2,1H3,(H2,16,19)/t15-/m1/s1. The van der Waals surface area contributed by atoms with E-state index in [1.165, 1.54) is 7.11 Å². The van der Waals surface area contributed by atoms with Crippen LogP contribution in [-0.4, -0.2) is 60.7 Å². The quantitative estimate of drug-likeness (QED) is 0.809. The summed E-state index contributed by atoms with van der Waals surface area (Å²) in [7, 11) is 1.50. The summed E-state index contributed by atoms with van der Waals surface area (Å²) in [5, 5.41) is 0. The molecule has 1 aliphatic heterocycles. The monoisotopic (exact) mass is 307 g/mol. The summed E-state index contributed by atoms with van der Waals surface area (Å²) in [6.45, 7) is 1.39. The fourth-order valence-corrected chi connectivity index (χ4v) is 2.53. The van der Waals surface area contributed by atoms with E-state index >= 15 is 0 Å². The second kappa shape index (κ2) is 7.33. The first-order valence-electron chi connectivity index (χ1n) is 7.12. The molecule has 1 fully saturated rings. The van der Waals surface area contributed by atoms with E-state index in [0.29, 0.717) is 13.2 Å². The number of amides is 2. The molecule has 1 aromatic rings. The van der Waals surface area contributed by atoms with E-state index in [0.717, 1.165) is 5.56 Å². The molecule has 0 unspecified atom stereocenters. The Morgan fingerprint density at radius 3 is 3.00 bits per heavy atom. The van der Waals surface area contributed by atoms with Crippen LogP contribution >= 0.6 is 0 Å². The van der Waals surface area contributed by atoms with E-state index in [-0.39, 0.29) is 31.9 Å². The summed E-state index contributed by atoms with van der Waals surface area (Å²) in [5.41, 5.74) is 5.26. The zero-order valence-corrected chi connectivity index (χ0v) is 12.7. The van der Waals surface area contributed by atoms with Gasteiger partial charge in [-0.2, -0.15) is 0 Å². The first-order valence-corrected chi connectivity index (χ1v) is 7.12. The van der Waals surface area contributed by atoms with Crippen molar-refractivity contribution in [3.63, 3.8) is 0 Å². The molecular weight excluding hydrogens is 286 g/mol. The smallest absolute Gasteiger partial charge is 0.227 e. The van der Waals surface area contributed by atoms with Gasteiger partial charge in [-0.15, -0.1) is 0 Å². The summed E-state index contributed by atoms with van der Waals surface area (Å²) in [6, 6.07) is 3.65. The summed E-state index contributed by atoms with van der Waals surface area (Å²) >= 11 is 0. The topological polar surface area (TPSA) is 94.7 Å². The Balaban J connectivity index is 2.08. The number of hydrogen-bond donors (Lipinski definition) is 1. The number of hydrogen-bond acceptors (Lipinski definition) is 5. The molecule has 0 saturated carbocycles. The highest BCUT2D eigenvalue weighted by atomic mass is 16.5. The van der Waals surface area contributed by atoms with Crippen LogP contribution in [0.15, 0.2) is 24.5 Å². The highest BCUT2D eigenvalue weighted by molar-refractivity contribution is 5.79. The molecular formula is C15H21N3O4. The molecule has 1 saturated heterocycles. The van der Waals surface area contributed by atoms with Gasteiger partial charge in [0.05, 0.1) is 32.6 Å². The molecule has 2 amide bonds. The van der Waals surface area contributed by atoms with Crippen molar-refractivity contribution in [2.24, 2.45) is 5.73 Å². The van der Waals surface area contributed by atoms with Crippen LogP contribution < -0.4 is 5.73 Å². The number of nitrogens with zero attached hydrogens (tertiary/aromatic N) is 2. The molecule has 1 aromatic heterocycles. The van der Waals surface area contributed by atoms with Crippen LogP contribution in [0.4, 0.5) is 0 Å². The van der Waals surface area contributed by atoms with Crippen LogP contribution in [0.25, 0.3) is 0 Å². The number of primary amides is 1. The van der Waals surface area contributed by atoms with Crippen LogP contribution in [0.5, 0.6) is 0 Å². The third-order valence-corrected chi connectivity index (χ3v) is 3.71. The van der Waals surface area contributed by atoms with Gasteiger partial charge in [0.2, 0.25) is 11.8 Å². The molecule has 2 rings (SSSR count). The predicted octanol–water partition coefficient (Wildman–Crippen LogP) is -0.256. The number of carbonyl (C=O) groups excluding carboxylic acids is 2. The lowest BCUT2D eigenvalue weighted by Crippen LogP contribution is -2.50.